The molecule has 152 valence electrons. The first kappa shape index (κ1) is 20.3. The maximum atomic E-state index is 12.4. The summed E-state index contributed by atoms with van der Waals surface area (Å²) in [5.41, 5.74) is 1.81. The number of carbonyl (C=O) groups excluding carboxylic acids is 2. The van der Waals surface area contributed by atoms with Crippen molar-refractivity contribution in [2.24, 2.45) is 0 Å². The Kier molecular flexibility index (Phi) is 6.11. The van der Waals surface area contributed by atoms with E-state index < -0.39 is 0 Å². The summed E-state index contributed by atoms with van der Waals surface area (Å²) in [5, 5.41) is 7.94. The fourth-order valence-electron chi connectivity index (χ4n) is 2.99. The summed E-state index contributed by atoms with van der Waals surface area (Å²) < 4.78 is 12.2. The minimum Gasteiger partial charge on any atom is -0.493 e. The molecule has 0 aliphatic heterocycles. The first-order valence-electron chi connectivity index (χ1n) is 9.31. The predicted molar refractivity (Wildman–Crippen MR) is 110 cm³/mol. The largest absolute Gasteiger partial charge is 0.493 e. The van der Waals surface area contributed by atoms with Gasteiger partial charge >= 0.3 is 0 Å². The fourth-order valence-corrected chi connectivity index (χ4v) is 2.99. The lowest BCUT2D eigenvalue weighted by atomic mass is 10.1. The zero-order chi connectivity index (χ0) is 21.0. The van der Waals surface area contributed by atoms with Gasteiger partial charge in [0.25, 0.3) is 0 Å². The third-order valence-electron chi connectivity index (χ3n) is 4.49. The minimum atomic E-state index is -0.253. The highest BCUT2D eigenvalue weighted by Crippen LogP contribution is 2.28. The number of ketones is 1. The van der Waals surface area contributed by atoms with Gasteiger partial charge in [-0.1, -0.05) is 0 Å². The van der Waals surface area contributed by atoms with E-state index in [1.807, 2.05) is 24.6 Å². The number of ether oxygens (including phenoxy) is 2. The molecule has 0 unspecified atom stereocenters. The Labute approximate surface area is 168 Å². The van der Waals surface area contributed by atoms with Crippen LogP contribution in [-0.2, 0) is 4.79 Å². The fraction of sp³-hybridized carbons (Fsp3) is 0.333. The van der Waals surface area contributed by atoms with Crippen LogP contribution in [0.15, 0.2) is 36.7 Å². The summed E-state index contributed by atoms with van der Waals surface area (Å²) in [5.74, 6) is 0.624. The van der Waals surface area contributed by atoms with E-state index >= 15 is 0 Å². The molecule has 1 amide bonds. The molecule has 0 fully saturated rings. The summed E-state index contributed by atoms with van der Waals surface area (Å²) >= 11 is 0. The van der Waals surface area contributed by atoms with Gasteiger partial charge in [0, 0.05) is 29.8 Å². The van der Waals surface area contributed by atoms with Gasteiger partial charge in [0.1, 0.15) is 0 Å². The topological polar surface area (TPSA) is 95.3 Å². The average Bonchev–Trinajstić information content (AvgIpc) is 3.15. The zero-order valence-electron chi connectivity index (χ0n) is 16.9. The Bertz CT molecular complexity index is 1040. The van der Waals surface area contributed by atoms with Gasteiger partial charge in [0.2, 0.25) is 5.91 Å². The SMILES string of the molecule is COc1ccc(C(=O)CCC(=O)Nc2cnc3c(cnn3C(C)C)c2)cc1OC. The Balaban J connectivity index is 1.61. The number of benzene rings is 1. The number of nitrogens with one attached hydrogen (secondary N) is 1. The first-order valence-corrected chi connectivity index (χ1v) is 9.31. The molecule has 3 rings (SSSR count). The molecule has 0 aliphatic rings. The number of methoxy groups -OCH3 is 2. The van der Waals surface area contributed by atoms with E-state index in [0.29, 0.717) is 22.7 Å². The Hall–Kier alpha value is -3.42. The Morgan fingerprint density at radius 3 is 2.52 bits per heavy atom. The van der Waals surface area contributed by atoms with Gasteiger partial charge in [0.05, 0.1) is 32.3 Å². The van der Waals surface area contributed by atoms with Crippen LogP contribution in [-0.4, -0.2) is 40.7 Å². The number of fused-ring (bicyclic) bond motifs is 1. The molecule has 0 saturated heterocycles. The molecule has 0 bridgehead atoms. The third-order valence-corrected chi connectivity index (χ3v) is 4.49. The number of aromatic nitrogens is 3. The summed E-state index contributed by atoms with van der Waals surface area (Å²) in [4.78, 5) is 29.1. The summed E-state index contributed by atoms with van der Waals surface area (Å²) in [6, 6.07) is 6.96. The predicted octanol–water partition coefficient (Wildman–Crippen LogP) is 3.63. The molecule has 0 aliphatic carbocycles. The number of amides is 1. The van der Waals surface area contributed by atoms with Crippen molar-refractivity contribution in [3.63, 3.8) is 0 Å². The Morgan fingerprint density at radius 2 is 1.83 bits per heavy atom. The lowest BCUT2D eigenvalue weighted by molar-refractivity contribution is -0.116. The molecule has 2 aromatic heterocycles. The number of Topliss-reactive ketones (excluding diaryl/α,β-unsaturated/α-hetero) is 1. The molecule has 3 aromatic rings. The molecule has 2 heterocycles. The highest BCUT2D eigenvalue weighted by molar-refractivity contribution is 6.00. The van der Waals surface area contributed by atoms with Crippen LogP contribution in [0.25, 0.3) is 11.0 Å². The van der Waals surface area contributed by atoms with Gasteiger partial charge in [-0.3, -0.25) is 9.59 Å². The van der Waals surface area contributed by atoms with E-state index in [1.54, 1.807) is 30.6 Å². The van der Waals surface area contributed by atoms with E-state index in [-0.39, 0.29) is 30.6 Å². The monoisotopic (exact) mass is 396 g/mol. The van der Waals surface area contributed by atoms with Crippen molar-refractivity contribution in [2.75, 3.05) is 19.5 Å². The van der Waals surface area contributed by atoms with Crippen LogP contribution in [0.3, 0.4) is 0 Å². The van der Waals surface area contributed by atoms with Gasteiger partial charge in [-0.15, -0.1) is 0 Å². The molecule has 0 radical (unpaired) electrons. The second-order valence-corrected chi connectivity index (χ2v) is 6.86. The number of nitrogens with zero attached hydrogens (tertiary/aromatic N) is 3. The van der Waals surface area contributed by atoms with E-state index in [2.05, 4.69) is 15.4 Å². The molecular formula is C21H24N4O4. The summed E-state index contributed by atoms with van der Waals surface area (Å²) in [6.07, 6.45) is 3.47. The van der Waals surface area contributed by atoms with Crippen LogP contribution < -0.4 is 14.8 Å². The van der Waals surface area contributed by atoms with Gasteiger partial charge in [-0.2, -0.15) is 5.10 Å². The standard InChI is InChI=1S/C21H24N4O4/c1-13(2)25-21-15(11-23-25)9-16(12-22-21)24-20(27)8-6-17(26)14-5-7-18(28-3)19(10-14)29-4/h5,7,9-13H,6,8H2,1-4H3,(H,24,27). The molecule has 1 N–H and O–H groups in total. The molecule has 0 spiro atoms. The van der Waals surface area contributed by atoms with Crippen LogP contribution in [0.4, 0.5) is 5.69 Å². The highest BCUT2D eigenvalue weighted by Gasteiger charge is 2.14. The number of carbonyl (C=O) groups is 2. The van der Waals surface area contributed by atoms with Crippen LogP contribution in [0.5, 0.6) is 11.5 Å². The summed E-state index contributed by atoms with van der Waals surface area (Å²) in [6.45, 7) is 4.05. The second-order valence-electron chi connectivity index (χ2n) is 6.86. The first-order chi connectivity index (χ1) is 13.9. The zero-order valence-corrected chi connectivity index (χ0v) is 16.9. The van der Waals surface area contributed by atoms with Crippen LogP contribution in [0.1, 0.15) is 43.1 Å². The van der Waals surface area contributed by atoms with Crippen molar-refractivity contribution < 1.29 is 19.1 Å². The minimum absolute atomic E-state index is 0.0659. The second kappa shape index (κ2) is 8.72. The molecule has 0 atom stereocenters. The lowest BCUT2D eigenvalue weighted by Crippen LogP contribution is -2.14. The van der Waals surface area contributed by atoms with Crippen molar-refractivity contribution in [1.29, 1.82) is 0 Å². The molecule has 0 saturated carbocycles. The molecular weight excluding hydrogens is 372 g/mol. The molecule has 1 aromatic carbocycles. The number of anilines is 1. The third kappa shape index (κ3) is 4.53. The van der Waals surface area contributed by atoms with E-state index in [1.165, 1.54) is 14.2 Å². The normalized spacial score (nSPS) is 10.9. The average molecular weight is 396 g/mol. The smallest absolute Gasteiger partial charge is 0.224 e. The number of hydrogen-bond donors (Lipinski definition) is 1. The van der Waals surface area contributed by atoms with Crippen molar-refractivity contribution in [3.05, 3.63) is 42.2 Å². The van der Waals surface area contributed by atoms with Crippen molar-refractivity contribution in [2.45, 2.75) is 32.7 Å². The number of pyridine rings is 1. The van der Waals surface area contributed by atoms with Crippen molar-refractivity contribution >= 4 is 28.4 Å². The van der Waals surface area contributed by atoms with Gasteiger partial charge in [0.15, 0.2) is 22.9 Å². The highest BCUT2D eigenvalue weighted by atomic mass is 16.5. The van der Waals surface area contributed by atoms with E-state index in [0.717, 1.165) is 11.0 Å². The number of rotatable bonds is 8. The van der Waals surface area contributed by atoms with Crippen LogP contribution >= 0.6 is 0 Å². The maximum Gasteiger partial charge on any atom is 0.224 e. The lowest BCUT2D eigenvalue weighted by Gasteiger charge is -2.09. The molecule has 8 heteroatoms. The quantitative estimate of drug-likeness (QED) is 0.584. The number of hydrogen-bond acceptors (Lipinski definition) is 6. The Morgan fingerprint density at radius 1 is 1.07 bits per heavy atom. The molecule has 29 heavy (non-hydrogen) atoms. The van der Waals surface area contributed by atoms with Gasteiger partial charge in [-0.25, -0.2) is 9.67 Å². The van der Waals surface area contributed by atoms with Gasteiger partial charge in [-0.05, 0) is 38.1 Å². The summed E-state index contributed by atoms with van der Waals surface area (Å²) in [7, 11) is 3.04. The van der Waals surface area contributed by atoms with Crippen molar-refractivity contribution in [1.82, 2.24) is 14.8 Å². The van der Waals surface area contributed by atoms with Crippen molar-refractivity contribution in [3.8, 4) is 11.5 Å². The van der Waals surface area contributed by atoms with Crippen LogP contribution in [0.2, 0.25) is 0 Å². The maximum absolute atomic E-state index is 12.4. The van der Waals surface area contributed by atoms with Crippen LogP contribution in [0, 0.1) is 0 Å². The van der Waals surface area contributed by atoms with E-state index in [9.17, 15) is 9.59 Å². The van der Waals surface area contributed by atoms with E-state index in [4.69, 9.17) is 9.47 Å². The van der Waals surface area contributed by atoms with Gasteiger partial charge < -0.3 is 14.8 Å². The molecule has 8 nitrogen and oxygen atoms in total.